The van der Waals surface area contributed by atoms with Crippen molar-refractivity contribution in [1.82, 2.24) is 4.90 Å². The van der Waals surface area contributed by atoms with Crippen molar-refractivity contribution >= 4 is 5.57 Å². The van der Waals surface area contributed by atoms with E-state index < -0.39 is 0 Å². The standard InChI is InChI=1S/C55H51NO/c1-3-14-36(15-4-1)38-26-29-40(30-27-38)56(51-23-13-25-53-54(51)46-20-9-12-24-52(46)57-53)41-31-33-45-44-32-28-39(37-16-5-2-6-17-37)34-49(44)55(50(45)35-41)47-21-10-7-18-42(47)43-19-8-11-22-48(43)55/h1-7,10,13-19,21-23,25-26,29-31,33-35,38,42,45,47,50,53-54H,8-9,11-12,20,24,27-28,32H2. The van der Waals surface area contributed by atoms with Crippen LogP contribution in [-0.2, 0) is 4.74 Å². The lowest BCUT2D eigenvalue weighted by Gasteiger charge is -2.44. The molecule has 282 valence electrons. The number of rotatable bonds is 5. The first kappa shape index (κ1) is 33.8. The van der Waals surface area contributed by atoms with Crippen LogP contribution in [-0.4, -0.2) is 11.0 Å². The molecule has 1 aliphatic heterocycles. The summed E-state index contributed by atoms with van der Waals surface area (Å²) in [6.45, 7) is 0. The molecule has 0 N–H and O–H groups in total. The molecule has 57 heavy (non-hydrogen) atoms. The number of allylic oxidation sites excluding steroid dienone is 21. The molecule has 1 spiro atoms. The maximum absolute atomic E-state index is 6.78. The number of ether oxygens (including phenoxy) is 1. The number of hydrogen-bond donors (Lipinski definition) is 0. The number of nitrogens with zero attached hydrogens (tertiary/aromatic N) is 1. The van der Waals surface area contributed by atoms with E-state index in [2.05, 4.69) is 163 Å². The zero-order valence-corrected chi connectivity index (χ0v) is 32.8. The van der Waals surface area contributed by atoms with Crippen LogP contribution < -0.4 is 0 Å². The van der Waals surface area contributed by atoms with E-state index in [4.69, 9.17) is 4.74 Å². The second-order valence-electron chi connectivity index (χ2n) is 17.8. The average molecular weight is 742 g/mol. The molecule has 1 saturated carbocycles. The highest BCUT2D eigenvalue weighted by Crippen LogP contribution is 2.72. The lowest BCUT2D eigenvalue weighted by Crippen LogP contribution is -2.39. The largest absolute Gasteiger partial charge is 0.490 e. The van der Waals surface area contributed by atoms with Gasteiger partial charge in [0.15, 0.2) is 0 Å². The van der Waals surface area contributed by atoms with Crippen molar-refractivity contribution in [2.75, 3.05) is 0 Å². The van der Waals surface area contributed by atoms with Gasteiger partial charge in [-0.3, -0.25) is 0 Å². The first-order chi connectivity index (χ1) is 28.3. The van der Waals surface area contributed by atoms with Gasteiger partial charge in [0.2, 0.25) is 0 Å². The Morgan fingerprint density at radius 3 is 2.37 bits per heavy atom. The summed E-state index contributed by atoms with van der Waals surface area (Å²) in [6, 6.07) is 22.2. The summed E-state index contributed by atoms with van der Waals surface area (Å²) < 4.78 is 6.78. The van der Waals surface area contributed by atoms with Crippen LogP contribution >= 0.6 is 0 Å². The second-order valence-corrected chi connectivity index (χ2v) is 17.8. The minimum Gasteiger partial charge on any atom is -0.490 e. The van der Waals surface area contributed by atoms with Crippen molar-refractivity contribution < 1.29 is 4.74 Å². The molecule has 12 rings (SSSR count). The van der Waals surface area contributed by atoms with Gasteiger partial charge in [0.05, 0.1) is 11.7 Å². The Morgan fingerprint density at radius 2 is 1.49 bits per heavy atom. The second kappa shape index (κ2) is 13.4. The fourth-order valence-corrected chi connectivity index (χ4v) is 12.8. The monoisotopic (exact) mass is 741 g/mol. The Hall–Kier alpha value is -5.34. The maximum Gasteiger partial charge on any atom is 0.129 e. The quantitative estimate of drug-likeness (QED) is 0.303. The van der Waals surface area contributed by atoms with Crippen LogP contribution in [0.5, 0.6) is 0 Å². The summed E-state index contributed by atoms with van der Waals surface area (Å²) in [5, 5.41) is 0. The summed E-state index contributed by atoms with van der Waals surface area (Å²) in [7, 11) is 0. The highest BCUT2D eigenvalue weighted by atomic mass is 16.5. The minimum absolute atomic E-state index is 0.0740. The van der Waals surface area contributed by atoms with Crippen LogP contribution in [0.2, 0.25) is 0 Å². The third-order valence-electron chi connectivity index (χ3n) is 15.1. The molecule has 2 aromatic carbocycles. The number of benzene rings is 2. The molecule has 8 atom stereocenters. The zero-order valence-electron chi connectivity index (χ0n) is 32.8. The summed E-state index contributed by atoms with van der Waals surface area (Å²) in [5.41, 5.74) is 16.2. The van der Waals surface area contributed by atoms with Crippen LogP contribution in [0.25, 0.3) is 5.57 Å². The average Bonchev–Trinajstić information content (AvgIpc) is 3.91. The van der Waals surface area contributed by atoms with Crippen LogP contribution in [0.15, 0.2) is 209 Å². The van der Waals surface area contributed by atoms with Crippen LogP contribution in [0, 0.1) is 35.0 Å². The molecule has 2 aromatic rings. The molecular formula is C55H51NO. The molecule has 2 heteroatoms. The minimum atomic E-state index is -0.117. The van der Waals surface area contributed by atoms with Crippen molar-refractivity contribution in [3.05, 3.63) is 220 Å². The summed E-state index contributed by atoms with van der Waals surface area (Å²) in [5.74, 6) is 3.41. The van der Waals surface area contributed by atoms with Crippen molar-refractivity contribution in [2.24, 2.45) is 35.0 Å². The molecule has 9 aliphatic carbocycles. The molecule has 0 radical (unpaired) electrons. The predicted octanol–water partition coefficient (Wildman–Crippen LogP) is 13.1. The van der Waals surface area contributed by atoms with Gasteiger partial charge in [-0.05, 0) is 115 Å². The molecule has 1 heterocycles. The highest BCUT2D eigenvalue weighted by Gasteiger charge is 2.64. The Bertz CT molecular complexity index is 2450. The van der Waals surface area contributed by atoms with Crippen LogP contribution in [0.4, 0.5) is 0 Å². The fourth-order valence-electron chi connectivity index (χ4n) is 12.8. The van der Waals surface area contributed by atoms with Gasteiger partial charge in [-0.15, -0.1) is 0 Å². The zero-order chi connectivity index (χ0) is 37.5. The Balaban J connectivity index is 1.03. The maximum atomic E-state index is 6.78. The molecule has 0 aromatic heterocycles. The number of fused-ring (bicyclic) bond motifs is 11. The van der Waals surface area contributed by atoms with E-state index in [1.54, 1.807) is 27.9 Å². The first-order valence-corrected chi connectivity index (χ1v) is 21.9. The summed E-state index contributed by atoms with van der Waals surface area (Å²) >= 11 is 0. The van der Waals surface area contributed by atoms with Crippen molar-refractivity contribution in [1.29, 1.82) is 0 Å². The smallest absolute Gasteiger partial charge is 0.129 e. The lowest BCUT2D eigenvalue weighted by molar-refractivity contribution is 0.147. The van der Waals surface area contributed by atoms with E-state index in [9.17, 15) is 0 Å². The van der Waals surface area contributed by atoms with Gasteiger partial charge < -0.3 is 9.64 Å². The van der Waals surface area contributed by atoms with E-state index >= 15 is 0 Å². The van der Waals surface area contributed by atoms with Gasteiger partial charge in [0.25, 0.3) is 0 Å². The van der Waals surface area contributed by atoms with Crippen molar-refractivity contribution in [2.45, 2.75) is 69.8 Å². The summed E-state index contributed by atoms with van der Waals surface area (Å²) in [4.78, 5) is 2.67. The fraction of sp³-hybridized carbons (Fsp3) is 0.309. The van der Waals surface area contributed by atoms with Crippen molar-refractivity contribution in [3.8, 4) is 0 Å². The molecule has 1 fully saturated rings. The molecule has 0 saturated heterocycles. The Morgan fingerprint density at radius 1 is 0.667 bits per heavy atom. The van der Waals surface area contributed by atoms with Gasteiger partial charge in [-0.1, -0.05) is 139 Å². The molecule has 0 amide bonds. The van der Waals surface area contributed by atoms with Gasteiger partial charge in [-0.25, -0.2) is 0 Å². The van der Waals surface area contributed by atoms with Crippen LogP contribution in [0.3, 0.4) is 0 Å². The molecule has 8 unspecified atom stereocenters. The SMILES string of the molecule is C1=CC2OC3=C(CCCC3)C2C(N(C2=CCC(c3ccccc3)C=C2)C2=CC3C(C=C2)C2=C(C=C(c4ccccc4)CC2)C32C3=CCCC=C3C3C=CC=CC32)=C1. The van der Waals surface area contributed by atoms with E-state index in [1.807, 2.05) is 0 Å². The van der Waals surface area contributed by atoms with Gasteiger partial charge >= 0.3 is 0 Å². The van der Waals surface area contributed by atoms with Crippen LogP contribution in [0.1, 0.15) is 74.8 Å². The summed E-state index contributed by atoms with van der Waals surface area (Å²) in [6.07, 6.45) is 50.3. The topological polar surface area (TPSA) is 12.5 Å². The molecule has 0 bridgehead atoms. The first-order valence-electron chi connectivity index (χ1n) is 21.9. The van der Waals surface area contributed by atoms with Crippen molar-refractivity contribution in [3.63, 3.8) is 0 Å². The molecular weight excluding hydrogens is 691 g/mol. The Labute approximate surface area is 338 Å². The van der Waals surface area contributed by atoms with E-state index in [-0.39, 0.29) is 17.4 Å². The highest BCUT2D eigenvalue weighted by molar-refractivity contribution is 5.75. The molecule has 10 aliphatic rings. The lowest BCUT2D eigenvalue weighted by atomic mass is 9.60. The predicted molar refractivity (Wildman–Crippen MR) is 232 cm³/mol. The Kier molecular flexibility index (Phi) is 7.92. The third kappa shape index (κ3) is 5.08. The van der Waals surface area contributed by atoms with Gasteiger partial charge in [-0.2, -0.15) is 0 Å². The molecule has 2 nitrogen and oxygen atoms in total. The normalized spacial score (nSPS) is 33.9. The number of hydrogen-bond acceptors (Lipinski definition) is 2. The van der Waals surface area contributed by atoms with Gasteiger partial charge in [0.1, 0.15) is 6.10 Å². The van der Waals surface area contributed by atoms with E-state index in [0.29, 0.717) is 29.6 Å². The van der Waals surface area contributed by atoms with E-state index in [0.717, 1.165) is 44.9 Å². The van der Waals surface area contributed by atoms with E-state index in [1.165, 1.54) is 52.4 Å². The third-order valence-corrected chi connectivity index (χ3v) is 15.1. The van der Waals surface area contributed by atoms with Gasteiger partial charge in [0, 0.05) is 58.5 Å².